The van der Waals surface area contributed by atoms with E-state index in [1.807, 2.05) is 6.92 Å². The van der Waals surface area contributed by atoms with Crippen molar-refractivity contribution in [2.75, 3.05) is 6.54 Å². The highest BCUT2D eigenvalue weighted by Gasteiger charge is 2.05. The molecule has 64 valence electrons. The van der Waals surface area contributed by atoms with Gasteiger partial charge in [-0.1, -0.05) is 0 Å². The molecule has 1 aromatic heterocycles. The molecule has 0 spiro atoms. The molecule has 0 saturated heterocycles. The van der Waals surface area contributed by atoms with Crippen molar-refractivity contribution < 1.29 is 9.59 Å². The van der Waals surface area contributed by atoms with E-state index in [0.29, 0.717) is 24.1 Å². The van der Waals surface area contributed by atoms with Gasteiger partial charge in [0.2, 0.25) is 0 Å². The van der Waals surface area contributed by atoms with Crippen molar-refractivity contribution in [1.82, 2.24) is 10.3 Å². The average Bonchev–Trinajstić information content (AvgIpc) is 2.52. The highest BCUT2D eigenvalue weighted by Crippen LogP contribution is 1.99. The normalized spacial score (nSPS) is 9.42. The zero-order chi connectivity index (χ0) is 8.97. The number of hydrogen-bond acceptors (Lipinski definition) is 2. The van der Waals surface area contributed by atoms with Gasteiger partial charge in [0.15, 0.2) is 6.29 Å². The van der Waals surface area contributed by atoms with Crippen molar-refractivity contribution in [3.05, 3.63) is 23.5 Å². The third-order valence-electron chi connectivity index (χ3n) is 1.42. The third-order valence-corrected chi connectivity index (χ3v) is 1.42. The first kappa shape index (κ1) is 8.52. The lowest BCUT2D eigenvalue weighted by molar-refractivity contribution is 0.0951. The number of H-pyrrole nitrogens is 1. The average molecular weight is 166 g/mol. The predicted molar refractivity (Wildman–Crippen MR) is 44.2 cm³/mol. The smallest absolute Gasteiger partial charge is 0.267 e. The van der Waals surface area contributed by atoms with Gasteiger partial charge in [-0.25, -0.2) is 0 Å². The van der Waals surface area contributed by atoms with Crippen LogP contribution in [-0.4, -0.2) is 23.7 Å². The lowest BCUT2D eigenvalue weighted by Gasteiger charge is -1.96. The number of carbonyl (C=O) groups excluding carboxylic acids is 2. The van der Waals surface area contributed by atoms with Gasteiger partial charge in [-0.2, -0.15) is 0 Å². The van der Waals surface area contributed by atoms with E-state index in [1.54, 1.807) is 0 Å². The maximum absolute atomic E-state index is 11.1. The minimum atomic E-state index is -0.189. The minimum absolute atomic E-state index is 0.189. The van der Waals surface area contributed by atoms with Crippen molar-refractivity contribution in [2.24, 2.45) is 0 Å². The van der Waals surface area contributed by atoms with E-state index in [0.717, 1.165) is 0 Å². The molecular formula is C8H10N2O2. The molecule has 0 bridgehead atoms. The van der Waals surface area contributed by atoms with E-state index in [-0.39, 0.29) is 5.91 Å². The summed E-state index contributed by atoms with van der Waals surface area (Å²) in [7, 11) is 0. The second-order valence-electron chi connectivity index (χ2n) is 2.32. The Balaban J connectivity index is 2.74. The van der Waals surface area contributed by atoms with Crippen LogP contribution >= 0.6 is 0 Å². The molecule has 1 amide bonds. The molecule has 2 N–H and O–H groups in total. The lowest BCUT2D eigenvalue weighted by atomic mass is 10.3. The van der Waals surface area contributed by atoms with Crippen LogP contribution in [0.15, 0.2) is 12.3 Å². The Hall–Kier alpha value is -1.58. The van der Waals surface area contributed by atoms with Gasteiger partial charge in [0.25, 0.3) is 5.91 Å². The van der Waals surface area contributed by atoms with Crippen LogP contribution in [0.4, 0.5) is 0 Å². The van der Waals surface area contributed by atoms with Crippen molar-refractivity contribution in [3.63, 3.8) is 0 Å². The summed E-state index contributed by atoms with van der Waals surface area (Å²) in [5.41, 5.74) is 0.898. The zero-order valence-electron chi connectivity index (χ0n) is 6.76. The highest BCUT2D eigenvalue weighted by atomic mass is 16.1. The van der Waals surface area contributed by atoms with Crippen LogP contribution < -0.4 is 5.32 Å². The molecule has 0 atom stereocenters. The van der Waals surface area contributed by atoms with Gasteiger partial charge < -0.3 is 10.3 Å². The zero-order valence-corrected chi connectivity index (χ0v) is 6.76. The molecule has 4 nitrogen and oxygen atoms in total. The molecule has 0 saturated carbocycles. The molecule has 0 aliphatic heterocycles. The molecule has 12 heavy (non-hydrogen) atoms. The molecule has 0 aliphatic rings. The molecule has 4 heteroatoms. The number of carbonyl (C=O) groups is 2. The Morgan fingerprint density at radius 2 is 2.50 bits per heavy atom. The van der Waals surface area contributed by atoms with Gasteiger partial charge in [0.1, 0.15) is 5.69 Å². The van der Waals surface area contributed by atoms with Crippen LogP contribution in [0.3, 0.4) is 0 Å². The highest BCUT2D eigenvalue weighted by molar-refractivity contribution is 5.94. The molecule has 0 fully saturated rings. The quantitative estimate of drug-likeness (QED) is 0.645. The first-order valence-corrected chi connectivity index (χ1v) is 3.69. The van der Waals surface area contributed by atoms with Crippen LogP contribution in [0.25, 0.3) is 0 Å². The number of aldehydes is 1. The van der Waals surface area contributed by atoms with Crippen LogP contribution in [0.1, 0.15) is 27.8 Å². The summed E-state index contributed by atoms with van der Waals surface area (Å²) in [4.78, 5) is 24.1. The van der Waals surface area contributed by atoms with Gasteiger partial charge in [0.05, 0.1) is 0 Å². The summed E-state index contributed by atoms with van der Waals surface area (Å²) in [6, 6.07) is 1.51. The monoisotopic (exact) mass is 166 g/mol. The summed E-state index contributed by atoms with van der Waals surface area (Å²) in [6.45, 7) is 2.41. The lowest BCUT2D eigenvalue weighted by Crippen LogP contribution is -2.22. The van der Waals surface area contributed by atoms with Crippen LogP contribution in [0, 0.1) is 0 Å². The number of rotatable bonds is 3. The van der Waals surface area contributed by atoms with E-state index in [2.05, 4.69) is 10.3 Å². The van der Waals surface area contributed by atoms with Gasteiger partial charge >= 0.3 is 0 Å². The number of aromatic nitrogens is 1. The van der Waals surface area contributed by atoms with Gasteiger partial charge in [0, 0.05) is 18.3 Å². The summed E-state index contributed by atoms with van der Waals surface area (Å²) in [5.74, 6) is -0.189. The molecule has 1 rings (SSSR count). The molecule has 1 heterocycles. The maximum Gasteiger partial charge on any atom is 0.267 e. The number of hydrogen-bond donors (Lipinski definition) is 2. The van der Waals surface area contributed by atoms with Crippen LogP contribution in [0.2, 0.25) is 0 Å². The largest absolute Gasteiger partial charge is 0.357 e. The fraction of sp³-hybridized carbons (Fsp3) is 0.250. The van der Waals surface area contributed by atoms with Crippen molar-refractivity contribution >= 4 is 12.2 Å². The SMILES string of the molecule is CCNC(=O)c1cc(C=O)c[nH]1. The number of aromatic amines is 1. The van der Waals surface area contributed by atoms with E-state index in [9.17, 15) is 9.59 Å². The van der Waals surface area contributed by atoms with E-state index in [1.165, 1.54) is 12.3 Å². The first-order chi connectivity index (χ1) is 5.77. The summed E-state index contributed by atoms with van der Waals surface area (Å²) >= 11 is 0. The summed E-state index contributed by atoms with van der Waals surface area (Å²) in [6.07, 6.45) is 2.19. The molecule has 0 aliphatic carbocycles. The maximum atomic E-state index is 11.1. The van der Waals surface area contributed by atoms with Gasteiger partial charge in [-0.3, -0.25) is 9.59 Å². The number of nitrogens with one attached hydrogen (secondary N) is 2. The Labute approximate surface area is 70.0 Å². The third kappa shape index (κ3) is 1.72. The fourth-order valence-corrected chi connectivity index (χ4v) is 0.866. The fourth-order valence-electron chi connectivity index (χ4n) is 0.866. The second kappa shape index (κ2) is 3.71. The van der Waals surface area contributed by atoms with Crippen molar-refractivity contribution in [2.45, 2.75) is 6.92 Å². The Bertz CT molecular complexity index is 291. The standard InChI is InChI=1S/C8H10N2O2/c1-2-9-8(12)7-3-6(5-11)4-10-7/h3-5,10H,2H2,1H3,(H,9,12). The van der Waals surface area contributed by atoms with Crippen molar-refractivity contribution in [1.29, 1.82) is 0 Å². The topological polar surface area (TPSA) is 62.0 Å². The van der Waals surface area contributed by atoms with E-state index in [4.69, 9.17) is 0 Å². The predicted octanol–water partition coefficient (Wildman–Crippen LogP) is 0.577. The Morgan fingerprint density at radius 1 is 1.75 bits per heavy atom. The van der Waals surface area contributed by atoms with Gasteiger partial charge in [-0.05, 0) is 13.0 Å². The van der Waals surface area contributed by atoms with E-state index >= 15 is 0 Å². The van der Waals surface area contributed by atoms with Crippen molar-refractivity contribution in [3.8, 4) is 0 Å². The molecule has 0 unspecified atom stereocenters. The number of amides is 1. The van der Waals surface area contributed by atoms with E-state index < -0.39 is 0 Å². The summed E-state index contributed by atoms with van der Waals surface area (Å²) < 4.78 is 0. The van der Waals surface area contributed by atoms with Crippen LogP contribution in [0.5, 0.6) is 0 Å². The first-order valence-electron chi connectivity index (χ1n) is 3.69. The molecule has 0 aromatic carbocycles. The minimum Gasteiger partial charge on any atom is -0.357 e. The Kier molecular flexibility index (Phi) is 2.63. The molecule has 0 radical (unpaired) electrons. The Morgan fingerprint density at radius 3 is 3.00 bits per heavy atom. The van der Waals surface area contributed by atoms with Gasteiger partial charge in [-0.15, -0.1) is 0 Å². The molecular weight excluding hydrogens is 156 g/mol. The summed E-state index contributed by atoms with van der Waals surface area (Å²) in [5, 5.41) is 2.61. The van der Waals surface area contributed by atoms with Crippen LogP contribution in [-0.2, 0) is 0 Å². The molecule has 1 aromatic rings. The second-order valence-corrected chi connectivity index (χ2v) is 2.32.